The van der Waals surface area contributed by atoms with Gasteiger partial charge in [-0.05, 0) is 49.9 Å². The molecule has 3 aliphatic heterocycles. The van der Waals surface area contributed by atoms with Crippen LogP contribution in [0.15, 0.2) is 12.1 Å². The van der Waals surface area contributed by atoms with E-state index < -0.39 is 11.2 Å². The van der Waals surface area contributed by atoms with E-state index in [1.165, 1.54) is 7.11 Å². The maximum Gasteiger partial charge on any atom is 0.314 e. The van der Waals surface area contributed by atoms with E-state index in [2.05, 4.69) is 0 Å². The second kappa shape index (κ2) is 6.84. The summed E-state index contributed by atoms with van der Waals surface area (Å²) in [5, 5.41) is 0. The van der Waals surface area contributed by atoms with Gasteiger partial charge in [-0.15, -0.1) is 0 Å². The number of amides is 1. The Labute approximate surface area is 181 Å². The van der Waals surface area contributed by atoms with Crippen molar-refractivity contribution in [2.24, 2.45) is 5.41 Å². The van der Waals surface area contributed by atoms with Crippen molar-refractivity contribution in [2.45, 2.75) is 63.1 Å². The van der Waals surface area contributed by atoms with Crippen LogP contribution in [0.3, 0.4) is 0 Å². The van der Waals surface area contributed by atoms with Crippen molar-refractivity contribution in [3.05, 3.63) is 23.3 Å². The summed E-state index contributed by atoms with van der Waals surface area (Å²) in [5.41, 5.74) is 1.12. The lowest BCUT2D eigenvalue weighted by Crippen LogP contribution is -2.58. The first kappa shape index (κ1) is 20.6. The largest absolute Gasteiger partial charge is 0.493 e. The minimum atomic E-state index is -0.962. The van der Waals surface area contributed by atoms with Crippen molar-refractivity contribution in [2.75, 3.05) is 27.9 Å². The SMILES string of the molecule is COC(=O)[C@]12CC(=O)N3CCc4cc(OC)c(OC)cc4C(C31)[C@H]1OC(C)(C)O[C@H]1C2. The Balaban J connectivity index is 1.74. The van der Waals surface area contributed by atoms with Crippen molar-refractivity contribution in [3.8, 4) is 11.5 Å². The molecule has 1 aliphatic carbocycles. The number of benzene rings is 1. The monoisotopic (exact) mass is 431 g/mol. The molecule has 0 spiro atoms. The Morgan fingerprint density at radius 2 is 1.84 bits per heavy atom. The third-order valence-electron chi connectivity index (χ3n) is 7.39. The smallest absolute Gasteiger partial charge is 0.314 e. The van der Waals surface area contributed by atoms with Crippen molar-refractivity contribution >= 4 is 11.9 Å². The third kappa shape index (κ3) is 2.80. The van der Waals surface area contributed by atoms with Gasteiger partial charge in [0.05, 0.1) is 39.6 Å². The fraction of sp³-hybridized carbons (Fsp3) is 0.652. The number of carbonyl (C=O) groups excluding carboxylic acids is 2. The van der Waals surface area contributed by atoms with Crippen LogP contribution < -0.4 is 9.47 Å². The van der Waals surface area contributed by atoms with E-state index in [1.807, 2.05) is 30.9 Å². The van der Waals surface area contributed by atoms with Gasteiger partial charge in [0.1, 0.15) is 5.41 Å². The molecule has 2 unspecified atom stereocenters. The Morgan fingerprint density at radius 1 is 1.13 bits per heavy atom. The summed E-state index contributed by atoms with van der Waals surface area (Å²) in [6.07, 6.45) is 0.590. The highest BCUT2D eigenvalue weighted by atomic mass is 16.8. The highest BCUT2D eigenvalue weighted by Crippen LogP contribution is 2.59. The van der Waals surface area contributed by atoms with Crippen molar-refractivity contribution < 1.29 is 33.3 Å². The molecule has 1 saturated carbocycles. The predicted molar refractivity (Wildman–Crippen MR) is 109 cm³/mol. The van der Waals surface area contributed by atoms with Crippen LogP contribution in [-0.2, 0) is 30.2 Å². The normalized spacial score (nSPS) is 35.0. The Bertz CT molecular complexity index is 944. The number of nitrogens with zero attached hydrogens (tertiary/aromatic N) is 1. The summed E-state index contributed by atoms with van der Waals surface area (Å²) in [5.74, 6) is -0.139. The van der Waals surface area contributed by atoms with Gasteiger partial charge in [0.25, 0.3) is 0 Å². The molecule has 3 heterocycles. The number of carbonyl (C=O) groups is 2. The van der Waals surface area contributed by atoms with E-state index in [9.17, 15) is 9.59 Å². The number of fused-ring (bicyclic) bond motifs is 4. The second-order valence-electron chi connectivity index (χ2n) is 9.38. The molecule has 1 amide bonds. The molecule has 5 rings (SSSR count). The summed E-state index contributed by atoms with van der Waals surface area (Å²) in [6, 6.07) is 3.60. The molecule has 1 aromatic carbocycles. The van der Waals surface area contributed by atoms with Gasteiger partial charge in [-0.2, -0.15) is 0 Å². The van der Waals surface area contributed by atoms with Gasteiger partial charge in [-0.25, -0.2) is 0 Å². The molecule has 1 aromatic rings. The Kier molecular flexibility index (Phi) is 4.54. The molecule has 4 aliphatic rings. The molecule has 168 valence electrons. The van der Waals surface area contributed by atoms with Crippen molar-refractivity contribution in [1.82, 2.24) is 4.90 Å². The zero-order chi connectivity index (χ0) is 22.1. The maximum atomic E-state index is 13.2. The second-order valence-corrected chi connectivity index (χ2v) is 9.38. The number of rotatable bonds is 3. The molecule has 0 aromatic heterocycles. The van der Waals surface area contributed by atoms with Gasteiger partial charge in [0.2, 0.25) is 5.91 Å². The lowest BCUT2D eigenvalue weighted by Gasteiger charge is -2.47. The molecule has 0 radical (unpaired) electrons. The first-order chi connectivity index (χ1) is 14.7. The van der Waals surface area contributed by atoms with Gasteiger partial charge in [-0.1, -0.05) is 0 Å². The molecule has 0 bridgehead atoms. The summed E-state index contributed by atoms with van der Waals surface area (Å²) >= 11 is 0. The van der Waals surface area contributed by atoms with Crippen LogP contribution in [-0.4, -0.2) is 68.7 Å². The molecular weight excluding hydrogens is 402 g/mol. The molecular formula is C23H29NO7. The number of methoxy groups -OCH3 is 3. The fourth-order valence-corrected chi connectivity index (χ4v) is 6.32. The van der Waals surface area contributed by atoms with Gasteiger partial charge < -0.3 is 28.6 Å². The lowest BCUT2D eigenvalue weighted by atomic mass is 9.61. The number of ether oxygens (including phenoxy) is 5. The first-order valence-corrected chi connectivity index (χ1v) is 10.7. The topological polar surface area (TPSA) is 83.5 Å². The maximum absolute atomic E-state index is 13.2. The van der Waals surface area contributed by atoms with E-state index in [0.717, 1.165) is 11.1 Å². The number of hydrogen-bond acceptors (Lipinski definition) is 7. The van der Waals surface area contributed by atoms with Gasteiger partial charge in [0.15, 0.2) is 17.3 Å². The molecule has 3 fully saturated rings. The van der Waals surface area contributed by atoms with E-state index in [1.54, 1.807) is 14.2 Å². The average molecular weight is 431 g/mol. The molecule has 8 heteroatoms. The average Bonchev–Trinajstić information content (AvgIpc) is 3.12. The van der Waals surface area contributed by atoms with Crippen LogP contribution in [0.25, 0.3) is 0 Å². The first-order valence-electron chi connectivity index (χ1n) is 10.7. The predicted octanol–water partition coefficient (Wildman–Crippen LogP) is 2.03. The number of esters is 1. The van der Waals surface area contributed by atoms with Crippen LogP contribution in [0, 0.1) is 5.41 Å². The van der Waals surface area contributed by atoms with Gasteiger partial charge in [0, 0.05) is 18.9 Å². The summed E-state index contributed by atoms with van der Waals surface area (Å²) in [4.78, 5) is 28.2. The molecule has 0 N–H and O–H groups in total. The quantitative estimate of drug-likeness (QED) is 0.677. The summed E-state index contributed by atoms with van der Waals surface area (Å²) < 4.78 is 29.0. The molecule has 2 saturated heterocycles. The minimum Gasteiger partial charge on any atom is -0.493 e. The molecule has 31 heavy (non-hydrogen) atoms. The van der Waals surface area contributed by atoms with Crippen LogP contribution in [0.5, 0.6) is 11.5 Å². The molecule has 5 atom stereocenters. The third-order valence-corrected chi connectivity index (χ3v) is 7.39. The zero-order valence-electron chi connectivity index (χ0n) is 18.6. The summed E-state index contributed by atoms with van der Waals surface area (Å²) in [7, 11) is 4.60. The van der Waals surface area contributed by atoms with Gasteiger partial charge >= 0.3 is 5.97 Å². The molecule has 8 nitrogen and oxygen atoms in total. The van der Waals surface area contributed by atoms with Crippen LogP contribution in [0.4, 0.5) is 0 Å². The highest BCUT2D eigenvalue weighted by molar-refractivity contribution is 5.91. The Hall–Kier alpha value is -2.32. The van der Waals surface area contributed by atoms with E-state index in [4.69, 9.17) is 23.7 Å². The van der Waals surface area contributed by atoms with Crippen LogP contribution in [0.1, 0.15) is 43.7 Å². The van der Waals surface area contributed by atoms with Crippen LogP contribution in [0.2, 0.25) is 0 Å². The van der Waals surface area contributed by atoms with E-state index in [-0.39, 0.29) is 42.5 Å². The lowest BCUT2D eigenvalue weighted by molar-refractivity contribution is -0.162. The highest BCUT2D eigenvalue weighted by Gasteiger charge is 2.69. The van der Waals surface area contributed by atoms with Crippen molar-refractivity contribution in [1.29, 1.82) is 0 Å². The standard InChI is InChI=1S/C23H29NO7/c1-22(2)30-16-10-23(21(26)29-5)11-17(25)24-7-6-12-8-14(27-3)15(28-4)9-13(12)18(20(23)24)19(16)31-22/h8-9,16,18-20H,6-7,10-11H2,1-5H3/t16-,18?,19-,20?,23+/m0/s1. The van der Waals surface area contributed by atoms with Crippen LogP contribution >= 0.6 is 0 Å². The van der Waals surface area contributed by atoms with Gasteiger partial charge in [-0.3, -0.25) is 9.59 Å². The zero-order valence-corrected chi connectivity index (χ0v) is 18.6. The summed E-state index contributed by atoms with van der Waals surface area (Å²) in [6.45, 7) is 4.31. The van der Waals surface area contributed by atoms with Crippen molar-refractivity contribution in [3.63, 3.8) is 0 Å². The van der Waals surface area contributed by atoms with E-state index in [0.29, 0.717) is 30.9 Å². The minimum absolute atomic E-state index is 0.0219. The Morgan fingerprint density at radius 3 is 2.52 bits per heavy atom. The fourth-order valence-electron chi connectivity index (χ4n) is 6.32. The number of hydrogen-bond donors (Lipinski definition) is 0. The van der Waals surface area contributed by atoms with E-state index >= 15 is 0 Å².